The van der Waals surface area contributed by atoms with Crippen LogP contribution >= 0.6 is 0 Å². The van der Waals surface area contributed by atoms with Gasteiger partial charge in [0.25, 0.3) is 0 Å². The standard InChI is InChI=1S/C42H46O14/c1-21(43)53-35-18-26-25(17-34(51-9)42(52-10)41(26)56-39(35)24-12-14-29(46-4)32(16-24)49-7)37-33(50-8)20-30(47-5)27-19-36(54-22(2)44)38(55-40(27)37)23-11-13-28(45-3)31(15-23)48-6/h11-17,20,35-36,38-39H,18-19H2,1-10H3/t35-,36-,38?,39?/m1/s1. The molecule has 0 radical (unpaired) electrons. The van der Waals surface area contributed by atoms with Crippen molar-refractivity contribution in [2.75, 3.05) is 56.9 Å². The van der Waals surface area contributed by atoms with E-state index < -0.39 is 36.4 Å². The first kappa shape index (κ1) is 39.5. The Morgan fingerprint density at radius 3 is 1.41 bits per heavy atom. The van der Waals surface area contributed by atoms with Crippen molar-refractivity contribution in [3.8, 4) is 68.6 Å². The second-order valence-electron chi connectivity index (χ2n) is 12.9. The van der Waals surface area contributed by atoms with Crippen LogP contribution in [0.2, 0.25) is 0 Å². The molecule has 2 heterocycles. The molecule has 0 N–H and O–H groups in total. The van der Waals surface area contributed by atoms with Crippen LogP contribution in [-0.4, -0.2) is 81.0 Å². The van der Waals surface area contributed by atoms with E-state index in [0.29, 0.717) is 90.9 Å². The molecule has 298 valence electrons. The largest absolute Gasteiger partial charge is 0.496 e. The molecule has 0 aromatic heterocycles. The van der Waals surface area contributed by atoms with Crippen LogP contribution in [0.4, 0.5) is 0 Å². The molecule has 0 aliphatic carbocycles. The van der Waals surface area contributed by atoms with Gasteiger partial charge in [-0.25, -0.2) is 0 Å². The van der Waals surface area contributed by atoms with Crippen molar-refractivity contribution in [2.24, 2.45) is 0 Å². The minimum atomic E-state index is -0.808. The molecule has 14 nitrogen and oxygen atoms in total. The van der Waals surface area contributed by atoms with E-state index in [1.54, 1.807) is 64.8 Å². The highest BCUT2D eigenvalue weighted by molar-refractivity contribution is 5.87. The number of hydrogen-bond donors (Lipinski definition) is 0. The predicted octanol–water partition coefficient (Wildman–Crippen LogP) is 6.64. The molecule has 56 heavy (non-hydrogen) atoms. The van der Waals surface area contributed by atoms with Crippen molar-refractivity contribution in [2.45, 2.75) is 51.1 Å². The lowest BCUT2D eigenvalue weighted by molar-refractivity contribution is -0.153. The number of methoxy groups -OCH3 is 8. The highest BCUT2D eigenvalue weighted by Crippen LogP contribution is 2.57. The van der Waals surface area contributed by atoms with E-state index in [1.165, 1.54) is 42.3 Å². The van der Waals surface area contributed by atoms with Crippen LogP contribution in [0.25, 0.3) is 11.1 Å². The first-order chi connectivity index (χ1) is 27.0. The third kappa shape index (κ3) is 7.30. The van der Waals surface area contributed by atoms with Gasteiger partial charge in [-0.05, 0) is 30.3 Å². The summed E-state index contributed by atoms with van der Waals surface area (Å²) in [6.07, 6.45) is -2.75. The zero-order chi connectivity index (χ0) is 40.3. The SMILES string of the molecule is COc1ccc(C2Oc3c(c(-c4c(OC)cc(OC)c5c4OC(c4ccc(OC)c(OC)c4)[C@H](OC(C)=O)C5)cc(OC)c3OC)C[C@H]2OC(C)=O)cc1OC. The fourth-order valence-electron chi connectivity index (χ4n) is 7.41. The van der Waals surface area contributed by atoms with Gasteiger partial charge in [-0.3, -0.25) is 9.59 Å². The summed E-state index contributed by atoms with van der Waals surface area (Å²) in [6, 6.07) is 14.3. The van der Waals surface area contributed by atoms with Crippen molar-refractivity contribution in [3.05, 3.63) is 70.8 Å². The van der Waals surface area contributed by atoms with Crippen LogP contribution in [0.15, 0.2) is 48.5 Å². The number of carbonyl (C=O) groups excluding carboxylic acids is 2. The van der Waals surface area contributed by atoms with Gasteiger partial charge in [0, 0.05) is 60.6 Å². The predicted molar refractivity (Wildman–Crippen MR) is 202 cm³/mol. The Morgan fingerprint density at radius 2 is 0.964 bits per heavy atom. The van der Waals surface area contributed by atoms with E-state index >= 15 is 0 Å². The molecule has 4 aromatic rings. The maximum Gasteiger partial charge on any atom is 0.303 e. The molecule has 0 bridgehead atoms. The normalized spacial score (nSPS) is 18.1. The molecule has 6 rings (SSSR count). The number of hydrogen-bond acceptors (Lipinski definition) is 14. The van der Waals surface area contributed by atoms with Gasteiger partial charge < -0.3 is 56.8 Å². The minimum Gasteiger partial charge on any atom is -0.496 e. The molecule has 2 aliphatic heterocycles. The molecular formula is C42H46O14. The maximum atomic E-state index is 12.7. The molecule has 2 aliphatic rings. The fourth-order valence-corrected chi connectivity index (χ4v) is 7.41. The molecule has 0 fully saturated rings. The summed E-state index contributed by atoms with van der Waals surface area (Å²) in [7, 11) is 12.3. The lowest BCUT2D eigenvalue weighted by Gasteiger charge is -2.37. The third-order valence-electron chi connectivity index (χ3n) is 9.83. The van der Waals surface area contributed by atoms with Gasteiger partial charge >= 0.3 is 11.9 Å². The molecule has 0 saturated heterocycles. The lowest BCUT2D eigenvalue weighted by atomic mass is 9.85. The number of fused-ring (bicyclic) bond motifs is 2. The number of esters is 2. The maximum absolute atomic E-state index is 12.7. The van der Waals surface area contributed by atoms with Gasteiger partial charge in [-0.2, -0.15) is 0 Å². The molecule has 0 saturated carbocycles. The number of carbonyl (C=O) groups is 2. The molecule has 4 aromatic carbocycles. The zero-order valence-electron chi connectivity index (χ0n) is 33.1. The van der Waals surface area contributed by atoms with Gasteiger partial charge in [-0.15, -0.1) is 0 Å². The zero-order valence-corrected chi connectivity index (χ0v) is 33.1. The fraction of sp³-hybridized carbons (Fsp3) is 0.381. The number of ether oxygens (including phenoxy) is 12. The highest BCUT2D eigenvalue weighted by atomic mass is 16.6. The molecule has 0 spiro atoms. The van der Waals surface area contributed by atoms with Crippen LogP contribution in [0.1, 0.15) is 48.3 Å². The van der Waals surface area contributed by atoms with Crippen molar-refractivity contribution < 1.29 is 66.4 Å². The molecular weight excluding hydrogens is 728 g/mol. The summed E-state index contributed by atoms with van der Waals surface area (Å²) in [5.74, 6) is 3.33. The van der Waals surface area contributed by atoms with Crippen molar-refractivity contribution in [1.29, 1.82) is 0 Å². The highest BCUT2D eigenvalue weighted by Gasteiger charge is 2.42. The summed E-state index contributed by atoms with van der Waals surface area (Å²) >= 11 is 0. The van der Waals surface area contributed by atoms with E-state index in [4.69, 9.17) is 56.8 Å². The van der Waals surface area contributed by atoms with Crippen LogP contribution in [0.5, 0.6) is 57.5 Å². The summed E-state index contributed by atoms with van der Waals surface area (Å²) in [5.41, 5.74) is 3.71. The van der Waals surface area contributed by atoms with Gasteiger partial charge in [0.15, 0.2) is 46.7 Å². The van der Waals surface area contributed by atoms with Crippen LogP contribution in [0.3, 0.4) is 0 Å². The second kappa shape index (κ2) is 16.7. The topological polar surface area (TPSA) is 145 Å². The molecule has 14 heteroatoms. The first-order valence-electron chi connectivity index (χ1n) is 17.7. The van der Waals surface area contributed by atoms with Gasteiger partial charge in [0.2, 0.25) is 5.75 Å². The van der Waals surface area contributed by atoms with E-state index in [0.717, 1.165) is 0 Å². The third-order valence-corrected chi connectivity index (χ3v) is 9.83. The lowest BCUT2D eigenvalue weighted by Crippen LogP contribution is -2.35. The van der Waals surface area contributed by atoms with Crippen molar-refractivity contribution in [1.82, 2.24) is 0 Å². The summed E-state index contributed by atoms with van der Waals surface area (Å²) in [6.45, 7) is 2.70. The van der Waals surface area contributed by atoms with E-state index in [1.807, 2.05) is 12.1 Å². The van der Waals surface area contributed by atoms with Crippen LogP contribution in [-0.2, 0) is 31.9 Å². The second-order valence-corrected chi connectivity index (χ2v) is 12.9. The van der Waals surface area contributed by atoms with E-state index in [9.17, 15) is 9.59 Å². The molecule has 4 atom stereocenters. The smallest absolute Gasteiger partial charge is 0.303 e. The monoisotopic (exact) mass is 774 g/mol. The Balaban J connectivity index is 1.61. The van der Waals surface area contributed by atoms with Gasteiger partial charge in [0.1, 0.15) is 29.5 Å². The average Bonchev–Trinajstić information content (AvgIpc) is 3.21. The van der Waals surface area contributed by atoms with Crippen molar-refractivity contribution in [3.63, 3.8) is 0 Å². The Morgan fingerprint density at radius 1 is 0.500 bits per heavy atom. The van der Waals surface area contributed by atoms with Crippen molar-refractivity contribution >= 4 is 11.9 Å². The summed E-state index contributed by atoms with van der Waals surface area (Å²) < 4.78 is 71.6. The minimum absolute atomic E-state index is 0.183. The van der Waals surface area contributed by atoms with Gasteiger partial charge in [0.05, 0.1) is 62.4 Å². The van der Waals surface area contributed by atoms with Gasteiger partial charge in [-0.1, -0.05) is 12.1 Å². The van der Waals surface area contributed by atoms with Crippen LogP contribution < -0.4 is 47.4 Å². The number of benzene rings is 4. The Bertz CT molecular complexity index is 2110. The summed E-state index contributed by atoms with van der Waals surface area (Å²) in [5, 5.41) is 0. The van der Waals surface area contributed by atoms with Crippen LogP contribution in [0, 0.1) is 0 Å². The van der Waals surface area contributed by atoms with E-state index in [-0.39, 0.29) is 12.8 Å². The molecule has 0 amide bonds. The number of rotatable bonds is 13. The Hall–Kier alpha value is -6.18. The summed E-state index contributed by atoms with van der Waals surface area (Å²) in [4.78, 5) is 25.2. The van der Waals surface area contributed by atoms with E-state index in [2.05, 4.69) is 0 Å². The first-order valence-corrected chi connectivity index (χ1v) is 17.7. The molecule has 2 unspecified atom stereocenters. The quantitative estimate of drug-likeness (QED) is 0.134. The average molecular weight is 775 g/mol. The Labute approximate surface area is 325 Å². The Kier molecular flexibility index (Phi) is 11.8.